The molecule has 0 aromatic carbocycles. The molecule has 2 aromatic heterocycles. The van der Waals surface area contributed by atoms with Gasteiger partial charge in [0.25, 0.3) is 0 Å². The summed E-state index contributed by atoms with van der Waals surface area (Å²) in [5.74, 6) is 0.000949. The number of hydrogen-bond acceptors (Lipinski definition) is 3. The van der Waals surface area contributed by atoms with Gasteiger partial charge in [-0.15, -0.1) is 0 Å². The Hall–Kier alpha value is -1.63. The van der Waals surface area contributed by atoms with Crippen molar-refractivity contribution in [3.63, 3.8) is 0 Å². The highest BCUT2D eigenvalue weighted by Gasteiger charge is 2.34. The zero-order valence-corrected chi connectivity index (χ0v) is 11.1. The fraction of sp³-hybridized carbons (Fsp3) is 0.364. The summed E-state index contributed by atoms with van der Waals surface area (Å²) in [5, 5.41) is 3.68. The highest BCUT2D eigenvalue weighted by atomic mass is 35.5. The van der Waals surface area contributed by atoms with Gasteiger partial charge in [-0.1, -0.05) is 0 Å². The van der Waals surface area contributed by atoms with Crippen LogP contribution in [0.3, 0.4) is 0 Å². The summed E-state index contributed by atoms with van der Waals surface area (Å²) in [6.45, 7) is 5.35. The molecule has 0 saturated heterocycles. The molecule has 0 saturated carbocycles. The fourth-order valence-corrected chi connectivity index (χ4v) is 1.78. The lowest BCUT2D eigenvalue weighted by molar-refractivity contribution is -0.141. The maximum atomic E-state index is 12.7. The molecule has 8 heteroatoms. The first-order chi connectivity index (χ1) is 8.70. The van der Waals surface area contributed by atoms with E-state index >= 15 is 0 Å². The Kier molecular flexibility index (Phi) is 3.25. The molecule has 0 aliphatic heterocycles. The van der Waals surface area contributed by atoms with Crippen molar-refractivity contribution in [3.8, 4) is 5.82 Å². The molecule has 4 nitrogen and oxygen atoms in total. The van der Waals surface area contributed by atoms with E-state index in [4.69, 9.17) is 11.6 Å². The van der Waals surface area contributed by atoms with Crippen LogP contribution in [-0.4, -0.2) is 19.7 Å². The van der Waals surface area contributed by atoms with Crippen molar-refractivity contribution < 1.29 is 13.2 Å². The molecule has 0 aliphatic rings. The molecule has 0 atom stereocenters. The van der Waals surface area contributed by atoms with Gasteiger partial charge in [-0.3, -0.25) is 0 Å². The zero-order valence-electron chi connectivity index (χ0n) is 10.4. The molecule has 0 N–H and O–H groups in total. The van der Waals surface area contributed by atoms with Gasteiger partial charge in [-0.25, -0.2) is 9.67 Å². The van der Waals surface area contributed by atoms with Crippen LogP contribution in [0.2, 0.25) is 5.28 Å². The van der Waals surface area contributed by atoms with Gasteiger partial charge in [-0.2, -0.15) is 23.3 Å². The van der Waals surface area contributed by atoms with E-state index in [2.05, 4.69) is 15.1 Å². The van der Waals surface area contributed by atoms with E-state index in [1.165, 1.54) is 4.68 Å². The topological polar surface area (TPSA) is 43.6 Å². The standard InChI is InChI=1S/C11H10ClF3N4/c1-5-6(2)18-19(7(5)3)9-4-8(11(13,14)15)16-10(12)17-9/h4H,1-3H3. The van der Waals surface area contributed by atoms with E-state index in [1.54, 1.807) is 13.8 Å². The van der Waals surface area contributed by atoms with Crippen molar-refractivity contribution >= 4 is 11.6 Å². The average molecular weight is 291 g/mol. The lowest BCUT2D eigenvalue weighted by Crippen LogP contribution is -2.12. The van der Waals surface area contributed by atoms with E-state index < -0.39 is 17.2 Å². The quantitative estimate of drug-likeness (QED) is 0.757. The van der Waals surface area contributed by atoms with Crippen LogP contribution in [0, 0.1) is 20.8 Å². The molecule has 19 heavy (non-hydrogen) atoms. The maximum Gasteiger partial charge on any atom is 0.433 e. The molecule has 0 fully saturated rings. The second-order valence-corrected chi connectivity index (χ2v) is 4.42. The first-order valence-corrected chi connectivity index (χ1v) is 5.73. The van der Waals surface area contributed by atoms with Crippen LogP contribution in [0.5, 0.6) is 0 Å². The van der Waals surface area contributed by atoms with Gasteiger partial charge >= 0.3 is 6.18 Å². The lowest BCUT2D eigenvalue weighted by Gasteiger charge is -2.09. The highest BCUT2D eigenvalue weighted by Crippen LogP contribution is 2.29. The summed E-state index contributed by atoms with van der Waals surface area (Å²) < 4.78 is 39.3. The predicted molar refractivity (Wildman–Crippen MR) is 63.4 cm³/mol. The molecule has 2 rings (SSSR count). The number of nitrogens with zero attached hydrogens (tertiary/aromatic N) is 4. The van der Waals surface area contributed by atoms with Crippen molar-refractivity contribution in [1.82, 2.24) is 19.7 Å². The van der Waals surface area contributed by atoms with E-state index in [0.29, 0.717) is 5.69 Å². The molecule has 0 unspecified atom stereocenters. The van der Waals surface area contributed by atoms with Crippen LogP contribution in [-0.2, 0) is 6.18 Å². The summed E-state index contributed by atoms with van der Waals surface area (Å²) in [7, 11) is 0. The van der Waals surface area contributed by atoms with Crippen molar-refractivity contribution in [2.24, 2.45) is 0 Å². The summed E-state index contributed by atoms with van der Waals surface area (Å²) in [5.41, 5.74) is 1.23. The van der Waals surface area contributed by atoms with Gasteiger partial charge in [0.1, 0.15) is 0 Å². The second kappa shape index (κ2) is 4.48. The molecular formula is C11H10ClF3N4. The van der Waals surface area contributed by atoms with Crippen LogP contribution < -0.4 is 0 Å². The predicted octanol–water partition coefficient (Wildman–Crippen LogP) is 3.26. The Bertz CT molecular complexity index is 634. The number of alkyl halides is 3. The third kappa shape index (κ3) is 2.56. The van der Waals surface area contributed by atoms with Crippen LogP contribution in [0.4, 0.5) is 13.2 Å². The number of hydrogen-bond donors (Lipinski definition) is 0. The van der Waals surface area contributed by atoms with Crippen LogP contribution in [0.25, 0.3) is 5.82 Å². The molecule has 2 aromatic rings. The van der Waals surface area contributed by atoms with Crippen LogP contribution in [0.15, 0.2) is 6.07 Å². The molecular weight excluding hydrogens is 281 g/mol. The number of aryl methyl sites for hydroxylation is 1. The minimum Gasteiger partial charge on any atom is -0.219 e. The van der Waals surface area contributed by atoms with Crippen molar-refractivity contribution in [1.29, 1.82) is 0 Å². The van der Waals surface area contributed by atoms with Crippen molar-refractivity contribution in [3.05, 3.63) is 34.0 Å². The van der Waals surface area contributed by atoms with E-state index in [0.717, 1.165) is 17.3 Å². The number of aromatic nitrogens is 4. The Morgan fingerprint density at radius 2 is 1.79 bits per heavy atom. The zero-order chi connectivity index (χ0) is 14.4. The third-order valence-electron chi connectivity index (χ3n) is 2.85. The number of halogens is 4. The van der Waals surface area contributed by atoms with Gasteiger partial charge in [-0.05, 0) is 37.9 Å². The molecule has 0 radical (unpaired) electrons. The largest absolute Gasteiger partial charge is 0.433 e. The Balaban J connectivity index is 2.63. The van der Waals surface area contributed by atoms with Gasteiger partial charge in [0, 0.05) is 11.8 Å². The third-order valence-corrected chi connectivity index (χ3v) is 3.01. The minimum absolute atomic E-state index is 0.000949. The smallest absolute Gasteiger partial charge is 0.219 e. The van der Waals surface area contributed by atoms with Crippen LogP contribution in [0.1, 0.15) is 22.6 Å². The Labute approximate surface area is 112 Å². The minimum atomic E-state index is -4.58. The van der Waals surface area contributed by atoms with Gasteiger partial charge in [0.05, 0.1) is 5.69 Å². The Morgan fingerprint density at radius 3 is 2.26 bits per heavy atom. The van der Waals surface area contributed by atoms with Crippen molar-refractivity contribution in [2.75, 3.05) is 0 Å². The first-order valence-electron chi connectivity index (χ1n) is 5.35. The summed E-state index contributed by atoms with van der Waals surface area (Å²) >= 11 is 5.54. The monoisotopic (exact) mass is 290 g/mol. The SMILES string of the molecule is Cc1nn(-c2cc(C(F)(F)F)nc(Cl)n2)c(C)c1C. The fourth-order valence-electron chi connectivity index (χ4n) is 1.60. The normalized spacial score (nSPS) is 11.9. The van der Waals surface area contributed by atoms with Gasteiger partial charge in [0.2, 0.25) is 5.28 Å². The lowest BCUT2D eigenvalue weighted by atomic mass is 10.2. The molecule has 2 heterocycles. The van der Waals surface area contributed by atoms with Gasteiger partial charge < -0.3 is 0 Å². The number of rotatable bonds is 1. The molecule has 102 valence electrons. The summed E-state index contributed by atoms with van der Waals surface area (Å²) in [4.78, 5) is 6.97. The van der Waals surface area contributed by atoms with E-state index in [9.17, 15) is 13.2 Å². The molecule has 0 amide bonds. The van der Waals surface area contributed by atoms with E-state index in [1.807, 2.05) is 6.92 Å². The first kappa shape index (κ1) is 13.8. The highest BCUT2D eigenvalue weighted by molar-refractivity contribution is 6.28. The van der Waals surface area contributed by atoms with E-state index in [-0.39, 0.29) is 5.82 Å². The Morgan fingerprint density at radius 1 is 1.16 bits per heavy atom. The summed E-state index contributed by atoms with van der Waals surface area (Å²) in [6.07, 6.45) is -4.58. The summed E-state index contributed by atoms with van der Waals surface area (Å²) in [6, 6.07) is 0.824. The molecule has 0 spiro atoms. The van der Waals surface area contributed by atoms with Gasteiger partial charge in [0.15, 0.2) is 11.5 Å². The average Bonchev–Trinajstić information content (AvgIpc) is 2.55. The van der Waals surface area contributed by atoms with Crippen LogP contribution >= 0.6 is 11.6 Å². The molecule has 0 aliphatic carbocycles. The second-order valence-electron chi connectivity index (χ2n) is 4.09. The maximum absolute atomic E-state index is 12.7. The van der Waals surface area contributed by atoms with Crippen molar-refractivity contribution in [2.45, 2.75) is 26.9 Å². The molecule has 0 bridgehead atoms.